The van der Waals surface area contributed by atoms with E-state index in [1.54, 1.807) is 43.5 Å². The van der Waals surface area contributed by atoms with Crippen LogP contribution in [0.3, 0.4) is 0 Å². The van der Waals surface area contributed by atoms with Gasteiger partial charge < -0.3 is 0 Å². The Labute approximate surface area is 116 Å². The number of hydrogen-bond donors (Lipinski definition) is 0. The second-order valence-electron chi connectivity index (χ2n) is 3.94. The maximum atomic E-state index is 12.2. The molecule has 0 N–H and O–H groups in total. The molecule has 0 fully saturated rings. The molecule has 1 aromatic carbocycles. The van der Waals surface area contributed by atoms with Gasteiger partial charge in [0.05, 0.1) is 0 Å². The summed E-state index contributed by atoms with van der Waals surface area (Å²) in [4.78, 5) is 16.3. The molecule has 0 unspecified atom stereocenters. The number of aryl methyl sites for hydroxylation is 1. The lowest BCUT2D eigenvalue weighted by atomic mass is 10.0. The van der Waals surface area contributed by atoms with Gasteiger partial charge in [0.25, 0.3) is 0 Å². The van der Waals surface area contributed by atoms with Crippen molar-refractivity contribution in [2.45, 2.75) is 13.3 Å². The molecule has 92 valence electrons. The zero-order valence-electron chi connectivity index (χ0n) is 9.78. The number of hydrogen-bond acceptors (Lipinski definition) is 2. The van der Waals surface area contributed by atoms with E-state index >= 15 is 0 Å². The van der Waals surface area contributed by atoms with Crippen LogP contribution in [0, 0.1) is 6.92 Å². The van der Waals surface area contributed by atoms with Gasteiger partial charge in [0, 0.05) is 33.9 Å². The van der Waals surface area contributed by atoms with Crippen LogP contribution in [0.1, 0.15) is 21.6 Å². The summed E-state index contributed by atoms with van der Waals surface area (Å²) in [6.45, 7) is 1.81. The van der Waals surface area contributed by atoms with E-state index in [2.05, 4.69) is 4.98 Å². The number of ketones is 1. The Morgan fingerprint density at radius 1 is 1.17 bits per heavy atom. The summed E-state index contributed by atoms with van der Waals surface area (Å²) in [5.41, 5.74) is 1.98. The molecule has 0 radical (unpaired) electrons. The molecule has 0 aliphatic carbocycles. The minimum Gasteiger partial charge on any atom is -0.294 e. The highest BCUT2D eigenvalue weighted by atomic mass is 35.5. The zero-order valence-corrected chi connectivity index (χ0v) is 11.3. The Kier molecular flexibility index (Phi) is 4.00. The minimum absolute atomic E-state index is 0.0319. The molecule has 0 saturated carbocycles. The number of Topliss-reactive ketones (excluding diaryl/α,β-unsaturated/α-hetero) is 1. The number of benzene rings is 1. The Morgan fingerprint density at radius 3 is 2.44 bits per heavy atom. The third kappa shape index (κ3) is 2.71. The number of halogens is 2. The van der Waals surface area contributed by atoms with E-state index in [1.165, 1.54) is 0 Å². The average Bonchev–Trinajstić information content (AvgIpc) is 2.34. The number of rotatable bonds is 3. The fraction of sp³-hybridized carbons (Fsp3) is 0.143. The predicted octanol–water partition coefficient (Wildman–Crippen LogP) is 4.12. The van der Waals surface area contributed by atoms with Gasteiger partial charge in [0.15, 0.2) is 5.78 Å². The fourth-order valence-corrected chi connectivity index (χ4v) is 2.27. The molecule has 0 saturated heterocycles. The van der Waals surface area contributed by atoms with Crippen LogP contribution in [0.2, 0.25) is 10.0 Å². The molecule has 2 nitrogen and oxygen atoms in total. The molecule has 1 aromatic heterocycles. The number of pyridine rings is 1. The zero-order chi connectivity index (χ0) is 13.1. The molecule has 4 heteroatoms. The standard InChI is InChI=1S/C14H11Cl2NO/c1-9-10(4-3-7-17-9)14(18)8-11-12(15)5-2-6-13(11)16/h2-7H,8H2,1H3. The highest BCUT2D eigenvalue weighted by Crippen LogP contribution is 2.25. The summed E-state index contributed by atoms with van der Waals surface area (Å²) >= 11 is 12.1. The van der Waals surface area contributed by atoms with Crippen LogP contribution in [0.5, 0.6) is 0 Å². The van der Waals surface area contributed by atoms with Gasteiger partial charge in [-0.05, 0) is 36.8 Å². The van der Waals surface area contributed by atoms with Gasteiger partial charge in [-0.3, -0.25) is 9.78 Å². The lowest BCUT2D eigenvalue weighted by Gasteiger charge is -2.07. The van der Waals surface area contributed by atoms with E-state index in [4.69, 9.17) is 23.2 Å². The van der Waals surface area contributed by atoms with Crippen LogP contribution in [0.15, 0.2) is 36.5 Å². The van der Waals surface area contributed by atoms with Crippen molar-refractivity contribution in [2.75, 3.05) is 0 Å². The molecule has 1 heterocycles. The van der Waals surface area contributed by atoms with Gasteiger partial charge in [-0.15, -0.1) is 0 Å². The largest absolute Gasteiger partial charge is 0.294 e. The second kappa shape index (κ2) is 5.51. The van der Waals surface area contributed by atoms with Crippen LogP contribution < -0.4 is 0 Å². The Morgan fingerprint density at radius 2 is 1.83 bits per heavy atom. The van der Waals surface area contributed by atoms with E-state index in [1.807, 2.05) is 0 Å². The first kappa shape index (κ1) is 13.1. The quantitative estimate of drug-likeness (QED) is 0.791. The third-order valence-electron chi connectivity index (χ3n) is 2.71. The summed E-state index contributed by atoms with van der Waals surface area (Å²) in [5.74, 6) is -0.0319. The van der Waals surface area contributed by atoms with Crippen LogP contribution in [-0.4, -0.2) is 10.8 Å². The molecular formula is C14H11Cl2NO. The number of carbonyl (C=O) groups excluding carboxylic acids is 1. The summed E-state index contributed by atoms with van der Waals surface area (Å²) in [7, 11) is 0. The number of nitrogens with zero attached hydrogens (tertiary/aromatic N) is 1. The van der Waals surface area contributed by atoms with Crippen LogP contribution in [0.25, 0.3) is 0 Å². The summed E-state index contributed by atoms with van der Waals surface area (Å²) in [6, 6.07) is 8.72. The lowest BCUT2D eigenvalue weighted by molar-refractivity contribution is 0.0992. The van der Waals surface area contributed by atoms with E-state index in [0.29, 0.717) is 26.9 Å². The van der Waals surface area contributed by atoms with Crippen LogP contribution >= 0.6 is 23.2 Å². The van der Waals surface area contributed by atoms with Crippen molar-refractivity contribution in [1.29, 1.82) is 0 Å². The highest BCUT2D eigenvalue weighted by Gasteiger charge is 2.14. The van der Waals surface area contributed by atoms with Gasteiger partial charge in [0.2, 0.25) is 0 Å². The summed E-state index contributed by atoms with van der Waals surface area (Å²) in [5, 5.41) is 1.02. The SMILES string of the molecule is Cc1ncccc1C(=O)Cc1c(Cl)cccc1Cl. The molecule has 18 heavy (non-hydrogen) atoms. The maximum Gasteiger partial charge on any atom is 0.169 e. The van der Waals surface area contributed by atoms with Crippen LogP contribution in [-0.2, 0) is 6.42 Å². The van der Waals surface area contributed by atoms with Gasteiger partial charge >= 0.3 is 0 Å². The minimum atomic E-state index is -0.0319. The first-order valence-corrected chi connectivity index (χ1v) is 6.23. The fourth-order valence-electron chi connectivity index (χ4n) is 1.74. The highest BCUT2D eigenvalue weighted by molar-refractivity contribution is 6.36. The molecule has 0 bridgehead atoms. The van der Waals surface area contributed by atoms with Crippen LogP contribution in [0.4, 0.5) is 0 Å². The number of aromatic nitrogens is 1. The predicted molar refractivity (Wildman–Crippen MR) is 73.5 cm³/mol. The Balaban J connectivity index is 2.30. The average molecular weight is 280 g/mol. The normalized spacial score (nSPS) is 10.4. The summed E-state index contributed by atoms with van der Waals surface area (Å²) < 4.78 is 0. The van der Waals surface area contributed by atoms with Crippen molar-refractivity contribution in [3.05, 3.63) is 63.4 Å². The van der Waals surface area contributed by atoms with E-state index < -0.39 is 0 Å². The molecular weight excluding hydrogens is 269 g/mol. The second-order valence-corrected chi connectivity index (χ2v) is 4.75. The summed E-state index contributed by atoms with van der Waals surface area (Å²) in [6.07, 6.45) is 1.85. The van der Waals surface area contributed by atoms with Crippen molar-refractivity contribution >= 4 is 29.0 Å². The monoisotopic (exact) mass is 279 g/mol. The van der Waals surface area contributed by atoms with Gasteiger partial charge in [-0.1, -0.05) is 29.3 Å². The smallest absolute Gasteiger partial charge is 0.169 e. The van der Waals surface area contributed by atoms with Crippen molar-refractivity contribution in [3.63, 3.8) is 0 Å². The lowest BCUT2D eigenvalue weighted by Crippen LogP contribution is -2.07. The first-order valence-electron chi connectivity index (χ1n) is 5.47. The van der Waals surface area contributed by atoms with Crippen molar-refractivity contribution in [2.24, 2.45) is 0 Å². The third-order valence-corrected chi connectivity index (χ3v) is 3.41. The molecule has 0 aliphatic heterocycles. The van der Waals surface area contributed by atoms with E-state index in [0.717, 1.165) is 0 Å². The molecule has 2 aromatic rings. The Bertz CT molecular complexity index is 576. The topological polar surface area (TPSA) is 30.0 Å². The van der Waals surface area contributed by atoms with Crippen molar-refractivity contribution in [1.82, 2.24) is 4.98 Å². The van der Waals surface area contributed by atoms with Gasteiger partial charge in [0.1, 0.15) is 0 Å². The first-order chi connectivity index (χ1) is 8.59. The molecule has 0 aliphatic rings. The molecule has 2 rings (SSSR count). The van der Waals surface area contributed by atoms with E-state index in [-0.39, 0.29) is 12.2 Å². The molecule has 0 spiro atoms. The Hall–Kier alpha value is -1.38. The number of carbonyl (C=O) groups is 1. The molecule has 0 amide bonds. The van der Waals surface area contributed by atoms with Crippen molar-refractivity contribution in [3.8, 4) is 0 Å². The van der Waals surface area contributed by atoms with Gasteiger partial charge in [-0.25, -0.2) is 0 Å². The molecule has 0 atom stereocenters. The van der Waals surface area contributed by atoms with E-state index in [9.17, 15) is 4.79 Å². The van der Waals surface area contributed by atoms with Crippen molar-refractivity contribution < 1.29 is 4.79 Å². The van der Waals surface area contributed by atoms with Gasteiger partial charge in [-0.2, -0.15) is 0 Å². The maximum absolute atomic E-state index is 12.2.